The van der Waals surface area contributed by atoms with Crippen LogP contribution in [0.25, 0.3) is 5.57 Å². The van der Waals surface area contributed by atoms with Gasteiger partial charge in [0.05, 0.1) is 0 Å². The highest BCUT2D eigenvalue weighted by atomic mass is 35.5. The Morgan fingerprint density at radius 2 is 1.83 bits per heavy atom. The van der Waals surface area contributed by atoms with E-state index < -0.39 is 0 Å². The fourth-order valence-corrected chi connectivity index (χ4v) is 1.54. The summed E-state index contributed by atoms with van der Waals surface area (Å²) in [7, 11) is 0. The van der Waals surface area contributed by atoms with Gasteiger partial charge in [-0.25, -0.2) is 0 Å². The second-order valence-corrected chi connectivity index (χ2v) is 3.37. The molecule has 0 fully saturated rings. The van der Waals surface area contributed by atoms with Crippen LogP contribution in [0, 0.1) is 0 Å². The predicted molar refractivity (Wildman–Crippen MR) is 53.2 cm³/mol. The third-order valence-electron chi connectivity index (χ3n) is 2.28. The number of hydrogen-bond donors (Lipinski definition) is 0. The first-order valence-corrected chi connectivity index (χ1v) is 4.78. The van der Waals surface area contributed by atoms with Crippen molar-refractivity contribution in [1.29, 1.82) is 0 Å². The molecule has 0 unspecified atom stereocenters. The SMILES string of the molecule is ClCc1ccc(C2=CCC2)cc1. The van der Waals surface area contributed by atoms with Crippen molar-refractivity contribution in [1.82, 2.24) is 0 Å². The molecule has 62 valence electrons. The Hall–Kier alpha value is -0.750. The van der Waals surface area contributed by atoms with Crippen LogP contribution in [-0.2, 0) is 5.88 Å². The summed E-state index contributed by atoms with van der Waals surface area (Å²) in [5.41, 5.74) is 4.03. The molecule has 1 aliphatic carbocycles. The van der Waals surface area contributed by atoms with Crippen molar-refractivity contribution >= 4 is 17.2 Å². The lowest BCUT2D eigenvalue weighted by atomic mass is 9.92. The predicted octanol–water partition coefficient (Wildman–Crippen LogP) is 3.60. The van der Waals surface area contributed by atoms with Gasteiger partial charge < -0.3 is 0 Å². The van der Waals surface area contributed by atoms with Gasteiger partial charge >= 0.3 is 0 Å². The molecule has 0 saturated carbocycles. The van der Waals surface area contributed by atoms with E-state index in [4.69, 9.17) is 11.6 Å². The molecule has 0 bridgehead atoms. The van der Waals surface area contributed by atoms with E-state index in [1.54, 1.807) is 0 Å². The van der Waals surface area contributed by atoms with E-state index in [2.05, 4.69) is 30.3 Å². The van der Waals surface area contributed by atoms with Gasteiger partial charge in [-0.05, 0) is 29.5 Å². The number of rotatable bonds is 2. The van der Waals surface area contributed by atoms with Crippen molar-refractivity contribution in [3.05, 3.63) is 41.5 Å². The molecule has 0 nitrogen and oxygen atoms in total. The Balaban J connectivity index is 2.24. The van der Waals surface area contributed by atoms with Crippen LogP contribution in [0.5, 0.6) is 0 Å². The molecular formula is C11H11Cl. The summed E-state index contributed by atoms with van der Waals surface area (Å²) in [4.78, 5) is 0. The summed E-state index contributed by atoms with van der Waals surface area (Å²) in [5.74, 6) is 0.610. The quantitative estimate of drug-likeness (QED) is 0.607. The maximum atomic E-state index is 5.69. The second-order valence-electron chi connectivity index (χ2n) is 3.10. The lowest BCUT2D eigenvalue weighted by molar-refractivity contribution is 0.988. The van der Waals surface area contributed by atoms with Crippen molar-refractivity contribution in [3.63, 3.8) is 0 Å². The van der Waals surface area contributed by atoms with Gasteiger partial charge in [0.15, 0.2) is 0 Å². The van der Waals surface area contributed by atoms with E-state index >= 15 is 0 Å². The molecule has 0 saturated heterocycles. The molecule has 1 aliphatic rings. The molecule has 12 heavy (non-hydrogen) atoms. The zero-order valence-electron chi connectivity index (χ0n) is 6.89. The Labute approximate surface area is 77.9 Å². The zero-order chi connectivity index (χ0) is 8.39. The second kappa shape index (κ2) is 3.32. The van der Waals surface area contributed by atoms with Gasteiger partial charge in [-0.15, -0.1) is 11.6 Å². The maximum Gasteiger partial charge on any atom is 0.0474 e. The minimum absolute atomic E-state index is 0.610. The topological polar surface area (TPSA) is 0 Å². The van der Waals surface area contributed by atoms with E-state index in [-0.39, 0.29) is 0 Å². The number of halogens is 1. The average molecular weight is 179 g/mol. The molecular weight excluding hydrogens is 168 g/mol. The van der Waals surface area contributed by atoms with Crippen LogP contribution in [0.15, 0.2) is 30.3 Å². The van der Waals surface area contributed by atoms with Crippen LogP contribution in [0.4, 0.5) is 0 Å². The van der Waals surface area contributed by atoms with Gasteiger partial charge in [0.25, 0.3) is 0 Å². The van der Waals surface area contributed by atoms with Crippen LogP contribution >= 0.6 is 11.6 Å². The summed E-state index contributed by atoms with van der Waals surface area (Å²) in [6, 6.07) is 8.51. The number of allylic oxidation sites excluding steroid dienone is 2. The number of benzene rings is 1. The molecule has 1 aromatic carbocycles. The third-order valence-corrected chi connectivity index (χ3v) is 2.59. The first-order valence-electron chi connectivity index (χ1n) is 4.24. The van der Waals surface area contributed by atoms with Crippen molar-refractivity contribution in [2.75, 3.05) is 0 Å². The van der Waals surface area contributed by atoms with E-state index in [1.807, 2.05) is 0 Å². The van der Waals surface area contributed by atoms with E-state index in [9.17, 15) is 0 Å². The molecule has 0 spiro atoms. The third kappa shape index (κ3) is 1.39. The minimum Gasteiger partial charge on any atom is -0.122 e. The molecule has 0 aliphatic heterocycles. The normalized spacial score (nSPS) is 15.2. The molecule has 0 radical (unpaired) electrons. The highest BCUT2D eigenvalue weighted by Gasteiger charge is 2.07. The molecule has 0 amide bonds. The number of alkyl halides is 1. The van der Waals surface area contributed by atoms with Crippen molar-refractivity contribution in [2.24, 2.45) is 0 Å². The van der Waals surface area contributed by atoms with E-state index in [0.29, 0.717) is 5.88 Å². The summed E-state index contributed by atoms with van der Waals surface area (Å²) >= 11 is 5.69. The molecule has 2 rings (SSSR count). The van der Waals surface area contributed by atoms with Crippen LogP contribution in [0.1, 0.15) is 24.0 Å². The monoisotopic (exact) mass is 178 g/mol. The Morgan fingerprint density at radius 3 is 2.25 bits per heavy atom. The van der Waals surface area contributed by atoms with Gasteiger partial charge in [0, 0.05) is 5.88 Å². The lowest BCUT2D eigenvalue weighted by Gasteiger charge is -2.14. The van der Waals surface area contributed by atoms with E-state index in [1.165, 1.54) is 29.5 Å². The fraction of sp³-hybridized carbons (Fsp3) is 0.273. The standard InChI is InChI=1S/C11H11Cl/c12-8-9-4-6-11(7-5-9)10-2-1-3-10/h2,4-7H,1,3,8H2. The first-order chi connectivity index (χ1) is 5.90. The highest BCUT2D eigenvalue weighted by molar-refractivity contribution is 6.17. The van der Waals surface area contributed by atoms with Crippen molar-refractivity contribution < 1.29 is 0 Å². The van der Waals surface area contributed by atoms with Gasteiger partial charge in [-0.3, -0.25) is 0 Å². The summed E-state index contributed by atoms with van der Waals surface area (Å²) in [6.45, 7) is 0. The van der Waals surface area contributed by atoms with Gasteiger partial charge in [0.1, 0.15) is 0 Å². The maximum absolute atomic E-state index is 5.69. The Kier molecular flexibility index (Phi) is 2.18. The molecule has 1 heteroatoms. The zero-order valence-corrected chi connectivity index (χ0v) is 7.64. The molecule has 0 atom stereocenters. The molecule has 0 heterocycles. The minimum atomic E-state index is 0.610. The van der Waals surface area contributed by atoms with Crippen LogP contribution in [0.3, 0.4) is 0 Å². The van der Waals surface area contributed by atoms with Gasteiger partial charge in [0.2, 0.25) is 0 Å². The summed E-state index contributed by atoms with van der Waals surface area (Å²) in [5, 5.41) is 0. The van der Waals surface area contributed by atoms with E-state index in [0.717, 1.165) is 0 Å². The van der Waals surface area contributed by atoms with Crippen LogP contribution in [-0.4, -0.2) is 0 Å². The summed E-state index contributed by atoms with van der Waals surface area (Å²) in [6.07, 6.45) is 4.77. The van der Waals surface area contributed by atoms with Gasteiger partial charge in [-0.1, -0.05) is 30.3 Å². The van der Waals surface area contributed by atoms with Crippen molar-refractivity contribution in [3.8, 4) is 0 Å². The van der Waals surface area contributed by atoms with Gasteiger partial charge in [-0.2, -0.15) is 0 Å². The molecule has 1 aromatic rings. The largest absolute Gasteiger partial charge is 0.122 e. The van der Waals surface area contributed by atoms with Crippen LogP contribution in [0.2, 0.25) is 0 Å². The Bertz CT molecular complexity index is 295. The average Bonchev–Trinajstić information content (AvgIpc) is 2.03. The molecule has 0 N–H and O–H groups in total. The van der Waals surface area contributed by atoms with Crippen LogP contribution < -0.4 is 0 Å². The fourth-order valence-electron chi connectivity index (χ4n) is 1.36. The summed E-state index contributed by atoms with van der Waals surface area (Å²) < 4.78 is 0. The smallest absolute Gasteiger partial charge is 0.0474 e. The molecule has 0 aromatic heterocycles. The Morgan fingerprint density at radius 1 is 1.17 bits per heavy atom. The first kappa shape index (κ1) is 7.88. The van der Waals surface area contributed by atoms with Crippen molar-refractivity contribution in [2.45, 2.75) is 18.7 Å². The highest BCUT2D eigenvalue weighted by Crippen LogP contribution is 2.28. The lowest BCUT2D eigenvalue weighted by Crippen LogP contribution is -1.92. The number of hydrogen-bond acceptors (Lipinski definition) is 0.